The van der Waals surface area contributed by atoms with Crippen molar-refractivity contribution in [3.05, 3.63) is 6.33 Å². The molecule has 0 aromatic carbocycles. The standard InChI is InChI=1S/C8H13N6O3P/c9-6-5-7(13-8(10)12-6)14(4-11-5)2-1-3-18(15,16)17/h4H,1-3H2,(H2,15,16,17)(H4,9,10,12,13). The van der Waals surface area contributed by atoms with Gasteiger partial charge in [-0.05, 0) is 6.42 Å². The summed E-state index contributed by atoms with van der Waals surface area (Å²) in [5.74, 6) is 0.225. The fourth-order valence-electron chi connectivity index (χ4n) is 1.59. The average Bonchev–Trinajstić information content (AvgIpc) is 2.60. The Labute approximate surface area is 102 Å². The van der Waals surface area contributed by atoms with Gasteiger partial charge in [0.05, 0.1) is 12.5 Å². The Morgan fingerprint density at radius 1 is 1.33 bits per heavy atom. The highest BCUT2D eigenvalue weighted by atomic mass is 31.2. The van der Waals surface area contributed by atoms with Gasteiger partial charge < -0.3 is 25.8 Å². The summed E-state index contributed by atoms with van der Waals surface area (Å²) >= 11 is 0. The molecule has 0 saturated carbocycles. The first-order valence-electron chi connectivity index (χ1n) is 5.15. The third kappa shape index (κ3) is 2.76. The number of anilines is 2. The maximum absolute atomic E-state index is 10.7. The first-order valence-corrected chi connectivity index (χ1v) is 6.95. The number of nitrogens with two attached hydrogens (primary N) is 2. The van der Waals surface area contributed by atoms with Crippen molar-refractivity contribution >= 4 is 30.5 Å². The minimum absolute atomic E-state index is 0.0386. The Kier molecular flexibility index (Phi) is 3.20. The van der Waals surface area contributed by atoms with E-state index in [1.807, 2.05) is 0 Å². The van der Waals surface area contributed by atoms with Gasteiger partial charge in [-0.15, -0.1) is 0 Å². The Bertz CT molecular complexity index is 621. The van der Waals surface area contributed by atoms with Crippen molar-refractivity contribution in [3.63, 3.8) is 0 Å². The van der Waals surface area contributed by atoms with Crippen LogP contribution in [0.15, 0.2) is 6.33 Å². The van der Waals surface area contributed by atoms with Gasteiger partial charge in [0.25, 0.3) is 0 Å². The van der Waals surface area contributed by atoms with Crippen LogP contribution in [-0.4, -0.2) is 35.5 Å². The summed E-state index contributed by atoms with van der Waals surface area (Å²) in [4.78, 5) is 29.4. The molecule has 2 aromatic rings. The number of nitrogen functional groups attached to an aromatic ring is 2. The molecule has 0 bridgehead atoms. The Balaban J connectivity index is 2.22. The summed E-state index contributed by atoms with van der Waals surface area (Å²) in [5, 5.41) is 0. The zero-order chi connectivity index (χ0) is 13.3. The molecule has 0 spiro atoms. The van der Waals surface area contributed by atoms with Crippen LogP contribution >= 0.6 is 7.60 Å². The van der Waals surface area contributed by atoms with Crippen LogP contribution in [0.25, 0.3) is 11.2 Å². The average molecular weight is 272 g/mol. The molecule has 0 radical (unpaired) electrons. The van der Waals surface area contributed by atoms with Gasteiger partial charge in [-0.2, -0.15) is 9.97 Å². The van der Waals surface area contributed by atoms with Crippen molar-refractivity contribution in [3.8, 4) is 0 Å². The van der Waals surface area contributed by atoms with Gasteiger partial charge in [0.15, 0.2) is 11.5 Å². The van der Waals surface area contributed by atoms with Crippen molar-refractivity contribution in [2.45, 2.75) is 13.0 Å². The van der Waals surface area contributed by atoms with Crippen molar-refractivity contribution in [2.75, 3.05) is 17.6 Å². The van der Waals surface area contributed by atoms with Crippen LogP contribution < -0.4 is 11.5 Å². The molecule has 2 aromatic heterocycles. The van der Waals surface area contributed by atoms with Gasteiger partial charge >= 0.3 is 7.60 Å². The molecule has 0 fully saturated rings. The number of fused-ring (bicyclic) bond motifs is 1. The second-order valence-electron chi connectivity index (χ2n) is 3.82. The third-order valence-electron chi connectivity index (χ3n) is 2.36. The highest BCUT2D eigenvalue weighted by Gasteiger charge is 2.14. The molecule has 0 saturated heterocycles. The lowest BCUT2D eigenvalue weighted by Crippen LogP contribution is -2.04. The fraction of sp³-hybridized carbons (Fsp3) is 0.375. The zero-order valence-corrected chi connectivity index (χ0v) is 10.3. The van der Waals surface area contributed by atoms with Gasteiger partial charge in [0.1, 0.15) is 5.52 Å². The highest BCUT2D eigenvalue weighted by molar-refractivity contribution is 7.51. The van der Waals surface area contributed by atoms with E-state index < -0.39 is 7.60 Å². The van der Waals surface area contributed by atoms with Crippen LogP contribution in [0.3, 0.4) is 0 Å². The Morgan fingerprint density at radius 2 is 2.06 bits per heavy atom. The van der Waals surface area contributed by atoms with Crippen LogP contribution in [0.2, 0.25) is 0 Å². The lowest BCUT2D eigenvalue weighted by atomic mass is 10.4. The van der Waals surface area contributed by atoms with E-state index in [1.54, 1.807) is 4.57 Å². The Morgan fingerprint density at radius 3 is 2.72 bits per heavy atom. The predicted molar refractivity (Wildman–Crippen MR) is 65.7 cm³/mol. The molecule has 18 heavy (non-hydrogen) atoms. The minimum atomic E-state index is -3.98. The van der Waals surface area contributed by atoms with Crippen molar-refractivity contribution in [2.24, 2.45) is 0 Å². The van der Waals surface area contributed by atoms with Crippen molar-refractivity contribution in [1.29, 1.82) is 0 Å². The minimum Gasteiger partial charge on any atom is -0.382 e. The molecule has 0 aliphatic carbocycles. The number of hydrogen-bond acceptors (Lipinski definition) is 6. The SMILES string of the molecule is Nc1nc(N)c2ncn(CCCP(=O)(O)O)c2n1. The maximum atomic E-state index is 10.7. The number of imidazole rings is 1. The van der Waals surface area contributed by atoms with E-state index in [0.29, 0.717) is 24.1 Å². The van der Waals surface area contributed by atoms with E-state index in [2.05, 4.69) is 15.0 Å². The molecule has 2 heterocycles. The number of nitrogens with zero attached hydrogens (tertiary/aromatic N) is 4. The molecule has 0 aliphatic heterocycles. The molecule has 2 rings (SSSR count). The maximum Gasteiger partial charge on any atom is 0.325 e. The molecule has 9 nitrogen and oxygen atoms in total. The van der Waals surface area contributed by atoms with Crippen LogP contribution in [0.5, 0.6) is 0 Å². The second kappa shape index (κ2) is 4.52. The quantitative estimate of drug-likeness (QED) is 0.546. The lowest BCUT2D eigenvalue weighted by molar-refractivity contribution is 0.370. The largest absolute Gasteiger partial charge is 0.382 e. The second-order valence-corrected chi connectivity index (χ2v) is 5.60. The van der Waals surface area contributed by atoms with Gasteiger partial charge in [0.2, 0.25) is 5.95 Å². The smallest absolute Gasteiger partial charge is 0.325 e. The van der Waals surface area contributed by atoms with Crippen molar-refractivity contribution in [1.82, 2.24) is 19.5 Å². The molecule has 0 aliphatic rings. The molecule has 0 unspecified atom stereocenters. The highest BCUT2D eigenvalue weighted by Crippen LogP contribution is 2.35. The van der Waals surface area contributed by atoms with E-state index in [-0.39, 0.29) is 17.9 Å². The molecule has 0 amide bonds. The summed E-state index contributed by atoms with van der Waals surface area (Å²) in [6.07, 6.45) is 1.61. The first kappa shape index (κ1) is 12.7. The van der Waals surface area contributed by atoms with Gasteiger partial charge in [-0.3, -0.25) is 4.57 Å². The lowest BCUT2D eigenvalue weighted by Gasteiger charge is -2.05. The monoisotopic (exact) mass is 272 g/mol. The van der Waals surface area contributed by atoms with Crippen LogP contribution in [0.1, 0.15) is 6.42 Å². The van der Waals surface area contributed by atoms with Crippen molar-refractivity contribution < 1.29 is 14.4 Å². The molecular weight excluding hydrogens is 259 g/mol. The number of aryl methyl sites for hydroxylation is 1. The van der Waals surface area contributed by atoms with Crippen LogP contribution in [0, 0.1) is 0 Å². The molecular formula is C8H13N6O3P. The molecule has 0 atom stereocenters. The topological polar surface area (TPSA) is 153 Å². The van der Waals surface area contributed by atoms with Crippen LogP contribution in [0.4, 0.5) is 11.8 Å². The summed E-state index contributed by atoms with van der Waals surface area (Å²) in [7, 11) is -3.98. The fourth-order valence-corrected chi connectivity index (χ4v) is 2.15. The van der Waals surface area contributed by atoms with E-state index >= 15 is 0 Å². The summed E-state index contributed by atoms with van der Waals surface area (Å²) in [5.41, 5.74) is 12.0. The number of aromatic nitrogens is 4. The first-order chi connectivity index (χ1) is 8.37. The molecule has 98 valence electrons. The van der Waals surface area contributed by atoms with E-state index in [9.17, 15) is 4.57 Å². The zero-order valence-electron chi connectivity index (χ0n) is 9.39. The van der Waals surface area contributed by atoms with Gasteiger partial charge in [0, 0.05) is 6.54 Å². The predicted octanol–water partition coefficient (Wildman–Crippen LogP) is -0.442. The van der Waals surface area contributed by atoms with E-state index in [4.69, 9.17) is 21.3 Å². The Hall–Kier alpha value is -1.70. The number of rotatable bonds is 4. The summed E-state index contributed by atoms with van der Waals surface area (Å²) in [6, 6.07) is 0. The van der Waals surface area contributed by atoms with Gasteiger partial charge in [-0.1, -0.05) is 0 Å². The summed E-state index contributed by atoms with van der Waals surface area (Å²) < 4.78 is 12.4. The summed E-state index contributed by atoms with van der Waals surface area (Å²) in [6.45, 7) is 0.373. The van der Waals surface area contributed by atoms with E-state index in [0.717, 1.165) is 0 Å². The van der Waals surface area contributed by atoms with Crippen LogP contribution in [-0.2, 0) is 11.1 Å². The normalized spacial score (nSPS) is 12.1. The van der Waals surface area contributed by atoms with Gasteiger partial charge in [-0.25, -0.2) is 4.98 Å². The molecule has 6 N–H and O–H groups in total. The number of hydrogen-bond donors (Lipinski definition) is 4. The van der Waals surface area contributed by atoms with E-state index in [1.165, 1.54) is 6.33 Å². The molecule has 10 heteroatoms. The third-order valence-corrected chi connectivity index (χ3v) is 3.26.